The predicted molar refractivity (Wildman–Crippen MR) is 51.7 cm³/mol. The molecule has 1 heterocycles. The van der Waals surface area contributed by atoms with Gasteiger partial charge in [0.05, 0.1) is 6.54 Å². The summed E-state index contributed by atoms with van der Waals surface area (Å²) in [4.78, 5) is 4.15. The van der Waals surface area contributed by atoms with E-state index in [2.05, 4.69) is 4.99 Å². The smallest absolute Gasteiger partial charge is 0.216 e. The van der Waals surface area contributed by atoms with Crippen molar-refractivity contribution in [2.75, 3.05) is 13.1 Å². The summed E-state index contributed by atoms with van der Waals surface area (Å²) in [5.41, 5.74) is 6.10. The number of benzene rings is 1. The average Bonchev–Trinajstić information content (AvgIpc) is 2.66. The van der Waals surface area contributed by atoms with Crippen LogP contribution in [0.15, 0.2) is 29.3 Å². The summed E-state index contributed by atoms with van der Waals surface area (Å²) in [6, 6.07) is 6.18. The van der Waals surface area contributed by atoms with E-state index in [1.807, 2.05) is 0 Å². The first-order valence-corrected chi connectivity index (χ1v) is 4.46. The molecule has 14 heavy (non-hydrogen) atoms. The molecule has 1 unspecified atom stereocenters. The molecule has 0 amide bonds. The van der Waals surface area contributed by atoms with Crippen LogP contribution in [0.4, 0.5) is 4.39 Å². The van der Waals surface area contributed by atoms with Crippen LogP contribution in [0.1, 0.15) is 5.56 Å². The van der Waals surface area contributed by atoms with Gasteiger partial charge >= 0.3 is 0 Å². The summed E-state index contributed by atoms with van der Waals surface area (Å²) in [7, 11) is 0. The van der Waals surface area contributed by atoms with Crippen molar-refractivity contribution in [2.45, 2.75) is 6.10 Å². The maximum Gasteiger partial charge on any atom is 0.216 e. The zero-order chi connectivity index (χ0) is 9.97. The maximum absolute atomic E-state index is 12.9. The molecule has 0 bridgehead atoms. The van der Waals surface area contributed by atoms with Gasteiger partial charge in [-0.05, 0) is 18.2 Å². The van der Waals surface area contributed by atoms with E-state index < -0.39 is 0 Å². The van der Waals surface area contributed by atoms with Crippen molar-refractivity contribution in [2.24, 2.45) is 10.7 Å². The molecule has 0 spiro atoms. The van der Waals surface area contributed by atoms with Crippen LogP contribution in [0.5, 0.6) is 0 Å². The minimum atomic E-state index is -0.287. The highest BCUT2D eigenvalue weighted by molar-refractivity contribution is 5.95. The highest BCUT2D eigenvalue weighted by Crippen LogP contribution is 2.12. The van der Waals surface area contributed by atoms with Crippen molar-refractivity contribution in [3.05, 3.63) is 35.6 Å². The van der Waals surface area contributed by atoms with Gasteiger partial charge in [-0.25, -0.2) is 9.38 Å². The molecule has 4 heteroatoms. The first-order chi connectivity index (χ1) is 6.79. The molecular weight excluding hydrogens is 183 g/mol. The van der Waals surface area contributed by atoms with Crippen molar-refractivity contribution in [1.29, 1.82) is 0 Å². The van der Waals surface area contributed by atoms with E-state index in [0.717, 1.165) is 0 Å². The molecule has 0 saturated carbocycles. The Labute approximate surface area is 81.4 Å². The normalized spacial score (nSPS) is 20.4. The van der Waals surface area contributed by atoms with Gasteiger partial charge in [0, 0.05) is 12.1 Å². The first kappa shape index (κ1) is 9.15. The number of hydrogen-bond donors (Lipinski definition) is 1. The quantitative estimate of drug-likeness (QED) is 0.761. The number of halogens is 1. The van der Waals surface area contributed by atoms with Crippen LogP contribution in [0, 0.1) is 5.82 Å². The summed E-state index contributed by atoms with van der Waals surface area (Å²) >= 11 is 0. The van der Waals surface area contributed by atoms with Gasteiger partial charge in [0.2, 0.25) is 5.90 Å². The van der Waals surface area contributed by atoms with E-state index in [0.29, 0.717) is 24.6 Å². The molecule has 1 atom stereocenters. The summed E-state index contributed by atoms with van der Waals surface area (Å²) in [5, 5.41) is 0. The minimum absolute atomic E-state index is 0.0618. The molecule has 2 N–H and O–H groups in total. The lowest BCUT2D eigenvalue weighted by Crippen LogP contribution is -2.23. The molecule has 2 rings (SSSR count). The van der Waals surface area contributed by atoms with Crippen LogP contribution in [-0.4, -0.2) is 25.1 Å². The van der Waals surface area contributed by atoms with E-state index in [9.17, 15) is 4.39 Å². The van der Waals surface area contributed by atoms with Crippen LogP contribution in [0.2, 0.25) is 0 Å². The Bertz CT molecular complexity index is 365. The molecule has 3 nitrogen and oxygen atoms in total. The van der Waals surface area contributed by atoms with Crippen LogP contribution < -0.4 is 5.73 Å². The third-order valence-corrected chi connectivity index (χ3v) is 2.05. The fourth-order valence-electron chi connectivity index (χ4n) is 1.32. The number of ether oxygens (including phenoxy) is 1. The highest BCUT2D eigenvalue weighted by atomic mass is 19.1. The second-order valence-electron chi connectivity index (χ2n) is 3.13. The van der Waals surface area contributed by atoms with Crippen LogP contribution in [0.3, 0.4) is 0 Å². The van der Waals surface area contributed by atoms with E-state index >= 15 is 0 Å². The van der Waals surface area contributed by atoms with Gasteiger partial charge in [0.1, 0.15) is 11.9 Å². The number of nitrogens with zero attached hydrogens (tertiary/aromatic N) is 1. The second kappa shape index (κ2) is 3.75. The third kappa shape index (κ3) is 1.75. The Morgan fingerprint density at radius 2 is 2.43 bits per heavy atom. The topological polar surface area (TPSA) is 47.6 Å². The molecule has 1 aliphatic rings. The standard InChI is InChI=1S/C10H11FN2O/c11-8-3-1-2-7(4-8)10-13-6-9(5-12)14-10/h1-4,9H,5-6,12H2. The molecule has 1 aromatic rings. The number of hydrogen-bond acceptors (Lipinski definition) is 3. The first-order valence-electron chi connectivity index (χ1n) is 4.46. The Morgan fingerprint density at radius 1 is 1.57 bits per heavy atom. The Kier molecular flexibility index (Phi) is 2.45. The van der Waals surface area contributed by atoms with Gasteiger partial charge in [-0.15, -0.1) is 0 Å². The largest absolute Gasteiger partial charge is 0.471 e. The Morgan fingerprint density at radius 3 is 3.07 bits per heavy atom. The van der Waals surface area contributed by atoms with Gasteiger partial charge in [0.15, 0.2) is 0 Å². The number of nitrogens with two attached hydrogens (primary N) is 1. The molecule has 0 radical (unpaired) electrons. The highest BCUT2D eigenvalue weighted by Gasteiger charge is 2.19. The summed E-state index contributed by atoms with van der Waals surface area (Å²) in [6.07, 6.45) is -0.0618. The fraction of sp³-hybridized carbons (Fsp3) is 0.300. The SMILES string of the molecule is NCC1CN=C(c2cccc(F)c2)O1. The van der Waals surface area contributed by atoms with E-state index in [-0.39, 0.29) is 11.9 Å². The van der Waals surface area contributed by atoms with Crippen molar-refractivity contribution < 1.29 is 9.13 Å². The van der Waals surface area contributed by atoms with Crippen molar-refractivity contribution in [3.63, 3.8) is 0 Å². The Hall–Kier alpha value is -1.42. The maximum atomic E-state index is 12.9. The molecule has 74 valence electrons. The lowest BCUT2D eigenvalue weighted by Gasteiger charge is -2.07. The van der Waals surface area contributed by atoms with Crippen LogP contribution in [0.25, 0.3) is 0 Å². The van der Waals surface area contributed by atoms with Gasteiger partial charge in [0.25, 0.3) is 0 Å². The van der Waals surface area contributed by atoms with Gasteiger partial charge in [-0.3, -0.25) is 0 Å². The number of rotatable bonds is 2. The van der Waals surface area contributed by atoms with Gasteiger partial charge in [-0.2, -0.15) is 0 Å². The minimum Gasteiger partial charge on any atom is -0.471 e. The van der Waals surface area contributed by atoms with E-state index in [1.165, 1.54) is 12.1 Å². The average molecular weight is 194 g/mol. The third-order valence-electron chi connectivity index (χ3n) is 2.05. The summed E-state index contributed by atoms with van der Waals surface area (Å²) < 4.78 is 18.3. The zero-order valence-corrected chi connectivity index (χ0v) is 7.61. The molecular formula is C10H11FN2O. The lowest BCUT2D eigenvalue weighted by molar-refractivity contribution is 0.233. The van der Waals surface area contributed by atoms with Crippen molar-refractivity contribution >= 4 is 5.90 Å². The predicted octanol–water partition coefficient (Wildman–Crippen LogP) is 0.930. The molecule has 1 aliphatic heterocycles. The van der Waals surface area contributed by atoms with Crippen molar-refractivity contribution in [1.82, 2.24) is 0 Å². The summed E-state index contributed by atoms with van der Waals surface area (Å²) in [6.45, 7) is 0.991. The van der Waals surface area contributed by atoms with E-state index in [4.69, 9.17) is 10.5 Å². The molecule has 0 fully saturated rings. The van der Waals surface area contributed by atoms with Crippen molar-refractivity contribution in [3.8, 4) is 0 Å². The molecule has 1 aromatic carbocycles. The molecule has 0 aliphatic carbocycles. The molecule has 0 aromatic heterocycles. The van der Waals surface area contributed by atoms with E-state index in [1.54, 1.807) is 12.1 Å². The van der Waals surface area contributed by atoms with Crippen LogP contribution >= 0.6 is 0 Å². The monoisotopic (exact) mass is 194 g/mol. The second-order valence-corrected chi connectivity index (χ2v) is 3.13. The zero-order valence-electron chi connectivity index (χ0n) is 7.61. The molecule has 0 saturated heterocycles. The fourth-order valence-corrected chi connectivity index (χ4v) is 1.32. The van der Waals surface area contributed by atoms with Crippen LogP contribution in [-0.2, 0) is 4.74 Å². The number of aliphatic imine (C=N–C) groups is 1. The van der Waals surface area contributed by atoms with Gasteiger partial charge in [-0.1, -0.05) is 6.07 Å². The Balaban J connectivity index is 2.17. The lowest BCUT2D eigenvalue weighted by atomic mass is 10.2. The summed E-state index contributed by atoms with van der Waals surface area (Å²) in [5.74, 6) is 0.199. The van der Waals surface area contributed by atoms with Gasteiger partial charge < -0.3 is 10.5 Å².